The fraction of sp³-hybridized carbons (Fsp3) is 0.364. The Hall–Kier alpha value is -2.93. The molecular formula is C22H24FN3O3. The first-order chi connectivity index (χ1) is 14.0. The Morgan fingerprint density at radius 3 is 2.72 bits per heavy atom. The van der Waals surface area contributed by atoms with E-state index in [2.05, 4.69) is 10.2 Å². The number of piperidine rings is 1. The Morgan fingerprint density at radius 2 is 1.97 bits per heavy atom. The SMILES string of the molecule is Cc1ccc(CNC(=O)C2CCN(Cn3c(=O)oc4ccccc43)CC2)cc1F. The lowest BCUT2D eigenvalue weighted by Gasteiger charge is -2.31. The van der Waals surface area contributed by atoms with Gasteiger partial charge in [-0.2, -0.15) is 0 Å². The lowest BCUT2D eigenvalue weighted by Crippen LogP contribution is -2.41. The molecule has 1 aliphatic rings. The number of aromatic nitrogens is 1. The summed E-state index contributed by atoms with van der Waals surface area (Å²) in [6.07, 6.45) is 1.44. The molecule has 0 atom stereocenters. The van der Waals surface area contributed by atoms with Crippen LogP contribution in [0.1, 0.15) is 24.0 Å². The number of hydrogen-bond acceptors (Lipinski definition) is 4. The number of hydrogen-bond donors (Lipinski definition) is 1. The molecule has 1 aliphatic heterocycles. The van der Waals surface area contributed by atoms with Crippen molar-refractivity contribution in [2.75, 3.05) is 13.1 Å². The molecule has 2 aromatic carbocycles. The minimum atomic E-state index is -0.364. The number of para-hydroxylation sites is 2. The minimum absolute atomic E-state index is 0.00318. The molecule has 1 aromatic heterocycles. The topological polar surface area (TPSA) is 67.5 Å². The number of nitrogens with zero attached hydrogens (tertiary/aromatic N) is 2. The van der Waals surface area contributed by atoms with Gasteiger partial charge >= 0.3 is 5.76 Å². The zero-order chi connectivity index (χ0) is 20.4. The molecule has 0 aliphatic carbocycles. The Morgan fingerprint density at radius 1 is 1.21 bits per heavy atom. The Labute approximate surface area is 167 Å². The highest BCUT2D eigenvalue weighted by molar-refractivity contribution is 5.78. The highest BCUT2D eigenvalue weighted by Gasteiger charge is 2.25. The quantitative estimate of drug-likeness (QED) is 0.719. The van der Waals surface area contributed by atoms with Crippen LogP contribution in [0.4, 0.5) is 4.39 Å². The summed E-state index contributed by atoms with van der Waals surface area (Å²) in [6.45, 7) is 3.94. The summed E-state index contributed by atoms with van der Waals surface area (Å²) in [4.78, 5) is 26.8. The largest absolute Gasteiger partial charge is 0.421 e. The van der Waals surface area contributed by atoms with E-state index < -0.39 is 0 Å². The second-order valence-electron chi connectivity index (χ2n) is 7.60. The van der Waals surface area contributed by atoms with Gasteiger partial charge in [-0.05, 0) is 49.1 Å². The summed E-state index contributed by atoms with van der Waals surface area (Å²) < 4.78 is 20.5. The van der Waals surface area contributed by atoms with Gasteiger partial charge in [-0.3, -0.25) is 14.3 Å². The van der Waals surface area contributed by atoms with Crippen molar-refractivity contribution in [3.8, 4) is 0 Å². The van der Waals surface area contributed by atoms with Crippen LogP contribution < -0.4 is 11.1 Å². The van der Waals surface area contributed by atoms with Crippen molar-refractivity contribution >= 4 is 17.0 Å². The average Bonchev–Trinajstić information content (AvgIpc) is 3.04. The van der Waals surface area contributed by atoms with E-state index in [-0.39, 0.29) is 23.4 Å². The van der Waals surface area contributed by atoms with Crippen molar-refractivity contribution < 1.29 is 13.6 Å². The van der Waals surface area contributed by atoms with E-state index in [0.717, 1.165) is 37.0 Å². The van der Waals surface area contributed by atoms with Gasteiger partial charge in [-0.25, -0.2) is 9.18 Å². The van der Waals surface area contributed by atoms with Gasteiger partial charge in [0.15, 0.2) is 5.58 Å². The van der Waals surface area contributed by atoms with Gasteiger partial charge in [0.05, 0.1) is 12.2 Å². The van der Waals surface area contributed by atoms with Gasteiger partial charge in [0.1, 0.15) is 5.82 Å². The summed E-state index contributed by atoms with van der Waals surface area (Å²) in [5.74, 6) is -0.695. The lowest BCUT2D eigenvalue weighted by molar-refractivity contribution is -0.126. The smallest absolute Gasteiger partial charge is 0.408 e. The Kier molecular flexibility index (Phi) is 5.49. The van der Waals surface area contributed by atoms with Crippen LogP contribution in [0.25, 0.3) is 11.1 Å². The van der Waals surface area contributed by atoms with Crippen LogP contribution in [0.5, 0.6) is 0 Å². The van der Waals surface area contributed by atoms with Crippen LogP contribution in [0.2, 0.25) is 0 Å². The molecule has 0 saturated carbocycles. The maximum atomic E-state index is 13.6. The number of carbonyl (C=O) groups is 1. The van der Waals surface area contributed by atoms with Gasteiger partial charge in [0, 0.05) is 25.6 Å². The number of aryl methyl sites for hydroxylation is 1. The Balaban J connectivity index is 1.30. The van der Waals surface area contributed by atoms with Crippen molar-refractivity contribution in [2.24, 2.45) is 5.92 Å². The molecule has 3 aromatic rings. The average molecular weight is 397 g/mol. The molecule has 1 amide bonds. The van der Waals surface area contributed by atoms with E-state index in [1.807, 2.05) is 24.3 Å². The molecule has 0 bridgehead atoms. The standard InChI is InChI=1S/C22H24FN3O3/c1-15-6-7-16(12-18(15)23)13-24-21(27)17-8-10-25(11-9-17)14-26-19-4-2-3-5-20(19)29-22(26)28/h2-7,12,17H,8-11,13-14H2,1H3,(H,24,27). The predicted octanol–water partition coefficient (Wildman–Crippen LogP) is 3.03. The Bertz CT molecular complexity index is 1080. The van der Waals surface area contributed by atoms with Crippen LogP contribution in [-0.2, 0) is 18.0 Å². The molecule has 4 rings (SSSR count). The minimum Gasteiger partial charge on any atom is -0.408 e. The summed E-state index contributed by atoms with van der Waals surface area (Å²) in [6, 6.07) is 12.4. The van der Waals surface area contributed by atoms with E-state index in [9.17, 15) is 14.0 Å². The van der Waals surface area contributed by atoms with Gasteiger partial charge in [-0.1, -0.05) is 24.3 Å². The first kappa shape index (κ1) is 19.4. The zero-order valence-electron chi connectivity index (χ0n) is 16.4. The van der Waals surface area contributed by atoms with Crippen LogP contribution in [0.15, 0.2) is 51.7 Å². The van der Waals surface area contributed by atoms with Crippen molar-refractivity contribution in [1.82, 2.24) is 14.8 Å². The van der Waals surface area contributed by atoms with Gasteiger partial charge in [-0.15, -0.1) is 0 Å². The van der Waals surface area contributed by atoms with Crippen LogP contribution in [0, 0.1) is 18.7 Å². The van der Waals surface area contributed by atoms with Crippen LogP contribution in [0.3, 0.4) is 0 Å². The number of fused-ring (bicyclic) bond motifs is 1. The summed E-state index contributed by atoms with van der Waals surface area (Å²) >= 11 is 0. The summed E-state index contributed by atoms with van der Waals surface area (Å²) in [5, 5.41) is 2.91. The maximum Gasteiger partial charge on any atom is 0.421 e. The first-order valence-electron chi connectivity index (χ1n) is 9.85. The van der Waals surface area contributed by atoms with Crippen LogP contribution in [-0.4, -0.2) is 28.5 Å². The van der Waals surface area contributed by atoms with Crippen LogP contribution >= 0.6 is 0 Å². The molecule has 1 saturated heterocycles. The van der Waals surface area contributed by atoms with E-state index in [1.165, 1.54) is 6.07 Å². The molecule has 1 N–H and O–H groups in total. The molecule has 2 heterocycles. The highest BCUT2D eigenvalue weighted by Crippen LogP contribution is 2.20. The molecule has 152 valence electrons. The number of amides is 1. The van der Waals surface area contributed by atoms with E-state index in [0.29, 0.717) is 24.4 Å². The third kappa shape index (κ3) is 4.24. The van der Waals surface area contributed by atoms with Gasteiger partial charge in [0.25, 0.3) is 0 Å². The molecule has 7 heteroatoms. The third-order valence-corrected chi connectivity index (χ3v) is 5.58. The number of halogens is 1. The molecule has 0 radical (unpaired) electrons. The van der Waals surface area contributed by atoms with Crippen molar-refractivity contribution in [2.45, 2.75) is 33.0 Å². The number of nitrogens with one attached hydrogen (secondary N) is 1. The molecule has 1 fully saturated rings. The first-order valence-corrected chi connectivity index (χ1v) is 9.85. The molecule has 6 nitrogen and oxygen atoms in total. The van der Waals surface area contributed by atoms with Gasteiger partial charge in [0.2, 0.25) is 5.91 Å². The third-order valence-electron chi connectivity index (χ3n) is 5.58. The second-order valence-corrected chi connectivity index (χ2v) is 7.60. The highest BCUT2D eigenvalue weighted by atomic mass is 19.1. The van der Waals surface area contributed by atoms with Gasteiger partial charge < -0.3 is 9.73 Å². The fourth-order valence-corrected chi connectivity index (χ4v) is 3.76. The number of benzene rings is 2. The van der Waals surface area contributed by atoms with Crippen molar-refractivity contribution in [3.63, 3.8) is 0 Å². The fourth-order valence-electron chi connectivity index (χ4n) is 3.76. The number of rotatable bonds is 5. The van der Waals surface area contributed by atoms with Crippen molar-refractivity contribution in [1.29, 1.82) is 0 Å². The molecule has 0 unspecified atom stereocenters. The zero-order valence-corrected chi connectivity index (χ0v) is 16.4. The summed E-state index contributed by atoms with van der Waals surface area (Å²) in [7, 11) is 0. The lowest BCUT2D eigenvalue weighted by atomic mass is 9.96. The van der Waals surface area contributed by atoms with Crippen molar-refractivity contribution in [3.05, 3.63) is 70.0 Å². The predicted molar refractivity (Wildman–Crippen MR) is 108 cm³/mol. The summed E-state index contributed by atoms with van der Waals surface area (Å²) in [5.41, 5.74) is 2.71. The molecule has 29 heavy (non-hydrogen) atoms. The second kappa shape index (κ2) is 8.21. The molecular weight excluding hydrogens is 373 g/mol. The maximum absolute atomic E-state index is 13.6. The normalized spacial score (nSPS) is 15.7. The number of likely N-dealkylation sites (tertiary alicyclic amines) is 1. The van der Waals surface area contributed by atoms with E-state index >= 15 is 0 Å². The van der Waals surface area contributed by atoms with E-state index in [4.69, 9.17) is 4.42 Å². The number of oxazole rings is 1. The monoisotopic (exact) mass is 397 g/mol. The molecule has 0 spiro atoms. The van der Waals surface area contributed by atoms with E-state index in [1.54, 1.807) is 23.6 Å². The number of carbonyl (C=O) groups excluding carboxylic acids is 1.